The molecule has 0 heterocycles. The van der Waals surface area contributed by atoms with E-state index in [4.69, 9.17) is 16.7 Å². The van der Waals surface area contributed by atoms with Crippen LogP contribution in [0, 0.1) is 6.92 Å². The van der Waals surface area contributed by atoms with Crippen molar-refractivity contribution in [3.8, 4) is 11.1 Å². The maximum Gasteiger partial charge on any atom is 0.0681 e. The second-order valence-corrected chi connectivity index (χ2v) is 4.23. The van der Waals surface area contributed by atoms with Crippen LogP contribution in [0.15, 0.2) is 42.5 Å². The standard InChI is InChI=1S/C14H13ClO/c1-10-8-13(6-7-14(10)15)12-4-2-11(9-16)3-5-12/h2-8,16H,9H2,1H3. The van der Waals surface area contributed by atoms with Crippen LogP contribution in [0.1, 0.15) is 11.1 Å². The van der Waals surface area contributed by atoms with Gasteiger partial charge in [-0.25, -0.2) is 0 Å². The van der Waals surface area contributed by atoms with Crippen LogP contribution in [-0.4, -0.2) is 5.11 Å². The van der Waals surface area contributed by atoms with Crippen molar-refractivity contribution in [2.24, 2.45) is 0 Å². The Morgan fingerprint density at radius 1 is 1.00 bits per heavy atom. The number of aliphatic hydroxyl groups excluding tert-OH is 1. The summed E-state index contributed by atoms with van der Waals surface area (Å²) in [5.74, 6) is 0. The summed E-state index contributed by atoms with van der Waals surface area (Å²) in [5.41, 5.74) is 4.28. The second kappa shape index (κ2) is 4.69. The third kappa shape index (κ3) is 2.26. The molecule has 0 saturated carbocycles. The fourth-order valence-electron chi connectivity index (χ4n) is 1.63. The third-order valence-electron chi connectivity index (χ3n) is 2.63. The van der Waals surface area contributed by atoms with E-state index in [1.54, 1.807) is 0 Å². The molecule has 1 nitrogen and oxygen atoms in total. The molecule has 0 bridgehead atoms. The van der Waals surface area contributed by atoms with E-state index >= 15 is 0 Å². The first kappa shape index (κ1) is 11.2. The fourth-order valence-corrected chi connectivity index (χ4v) is 1.74. The topological polar surface area (TPSA) is 20.2 Å². The highest BCUT2D eigenvalue weighted by Crippen LogP contribution is 2.24. The monoisotopic (exact) mass is 232 g/mol. The van der Waals surface area contributed by atoms with Crippen molar-refractivity contribution >= 4 is 11.6 Å². The van der Waals surface area contributed by atoms with E-state index in [1.807, 2.05) is 43.3 Å². The Morgan fingerprint density at radius 3 is 2.19 bits per heavy atom. The third-order valence-corrected chi connectivity index (χ3v) is 3.05. The van der Waals surface area contributed by atoms with Crippen molar-refractivity contribution in [2.45, 2.75) is 13.5 Å². The van der Waals surface area contributed by atoms with Gasteiger partial charge in [-0.05, 0) is 41.3 Å². The SMILES string of the molecule is Cc1cc(-c2ccc(CO)cc2)ccc1Cl. The van der Waals surface area contributed by atoms with Crippen molar-refractivity contribution in [1.82, 2.24) is 0 Å². The highest BCUT2D eigenvalue weighted by Gasteiger charge is 2.00. The molecule has 0 spiro atoms. The number of aryl methyl sites for hydroxylation is 1. The molecular formula is C14H13ClO. The van der Waals surface area contributed by atoms with Gasteiger partial charge in [0.25, 0.3) is 0 Å². The van der Waals surface area contributed by atoms with E-state index in [1.165, 1.54) is 0 Å². The van der Waals surface area contributed by atoms with E-state index in [-0.39, 0.29) is 6.61 Å². The first-order valence-electron chi connectivity index (χ1n) is 5.17. The molecule has 0 saturated heterocycles. The molecular weight excluding hydrogens is 220 g/mol. The normalized spacial score (nSPS) is 10.4. The summed E-state index contributed by atoms with van der Waals surface area (Å²) in [4.78, 5) is 0. The van der Waals surface area contributed by atoms with Gasteiger partial charge in [0, 0.05) is 5.02 Å². The molecule has 0 aliphatic carbocycles. The molecule has 82 valence electrons. The van der Waals surface area contributed by atoms with E-state index in [0.717, 1.165) is 27.3 Å². The molecule has 2 aromatic carbocycles. The Morgan fingerprint density at radius 2 is 1.62 bits per heavy atom. The van der Waals surface area contributed by atoms with Crippen molar-refractivity contribution in [3.63, 3.8) is 0 Å². The smallest absolute Gasteiger partial charge is 0.0681 e. The molecule has 1 N–H and O–H groups in total. The van der Waals surface area contributed by atoms with Gasteiger partial charge in [-0.15, -0.1) is 0 Å². The minimum Gasteiger partial charge on any atom is -0.392 e. The lowest BCUT2D eigenvalue weighted by molar-refractivity contribution is 0.282. The van der Waals surface area contributed by atoms with Gasteiger partial charge in [0.05, 0.1) is 6.61 Å². The quantitative estimate of drug-likeness (QED) is 0.835. The van der Waals surface area contributed by atoms with Gasteiger partial charge in [0.15, 0.2) is 0 Å². The van der Waals surface area contributed by atoms with Gasteiger partial charge in [-0.2, -0.15) is 0 Å². The molecule has 0 aliphatic heterocycles. The summed E-state index contributed by atoms with van der Waals surface area (Å²) < 4.78 is 0. The molecule has 0 aromatic heterocycles. The zero-order valence-corrected chi connectivity index (χ0v) is 9.83. The van der Waals surface area contributed by atoms with Crippen LogP contribution in [-0.2, 0) is 6.61 Å². The minimum atomic E-state index is 0.0833. The average Bonchev–Trinajstić information content (AvgIpc) is 2.33. The zero-order valence-electron chi connectivity index (χ0n) is 9.07. The first-order chi connectivity index (χ1) is 7.70. The van der Waals surface area contributed by atoms with E-state index in [2.05, 4.69) is 6.07 Å². The second-order valence-electron chi connectivity index (χ2n) is 3.82. The maximum absolute atomic E-state index is 8.96. The van der Waals surface area contributed by atoms with E-state index < -0.39 is 0 Å². The van der Waals surface area contributed by atoms with E-state index in [0.29, 0.717) is 0 Å². The van der Waals surface area contributed by atoms with Crippen LogP contribution in [0.5, 0.6) is 0 Å². The lowest BCUT2D eigenvalue weighted by Crippen LogP contribution is -1.84. The first-order valence-corrected chi connectivity index (χ1v) is 5.55. The van der Waals surface area contributed by atoms with Crippen molar-refractivity contribution < 1.29 is 5.11 Å². The largest absolute Gasteiger partial charge is 0.392 e. The summed E-state index contributed by atoms with van der Waals surface area (Å²) >= 11 is 5.98. The number of halogens is 1. The van der Waals surface area contributed by atoms with Crippen LogP contribution >= 0.6 is 11.6 Å². The number of hydrogen-bond donors (Lipinski definition) is 1. The van der Waals surface area contributed by atoms with Crippen LogP contribution in [0.25, 0.3) is 11.1 Å². The van der Waals surface area contributed by atoms with Crippen LogP contribution in [0.3, 0.4) is 0 Å². The fraction of sp³-hybridized carbons (Fsp3) is 0.143. The molecule has 2 heteroatoms. The summed E-state index contributed by atoms with van der Waals surface area (Å²) in [6.45, 7) is 2.08. The maximum atomic E-state index is 8.96. The molecule has 2 rings (SSSR count). The molecule has 0 radical (unpaired) electrons. The van der Waals surface area contributed by atoms with Gasteiger partial charge in [0.1, 0.15) is 0 Å². The Bertz CT molecular complexity index is 489. The van der Waals surface area contributed by atoms with Crippen molar-refractivity contribution in [3.05, 3.63) is 58.6 Å². The molecule has 0 amide bonds. The summed E-state index contributed by atoms with van der Waals surface area (Å²) in [7, 11) is 0. The van der Waals surface area contributed by atoms with Crippen LogP contribution < -0.4 is 0 Å². The summed E-state index contributed by atoms with van der Waals surface area (Å²) in [6, 6.07) is 13.9. The average molecular weight is 233 g/mol. The number of rotatable bonds is 2. The molecule has 0 aliphatic rings. The predicted molar refractivity (Wildman–Crippen MR) is 67.5 cm³/mol. The van der Waals surface area contributed by atoms with Gasteiger partial charge >= 0.3 is 0 Å². The number of hydrogen-bond acceptors (Lipinski definition) is 1. The van der Waals surface area contributed by atoms with Gasteiger partial charge < -0.3 is 5.11 Å². The van der Waals surface area contributed by atoms with Gasteiger partial charge in [0.2, 0.25) is 0 Å². The molecule has 16 heavy (non-hydrogen) atoms. The number of benzene rings is 2. The highest BCUT2D eigenvalue weighted by atomic mass is 35.5. The predicted octanol–water partition coefficient (Wildman–Crippen LogP) is 3.81. The van der Waals surface area contributed by atoms with Gasteiger partial charge in [-0.1, -0.05) is 41.9 Å². The number of aliphatic hydroxyl groups is 1. The summed E-state index contributed by atoms with van der Waals surface area (Å²) in [5, 5.41) is 9.75. The highest BCUT2D eigenvalue weighted by molar-refractivity contribution is 6.31. The lowest BCUT2D eigenvalue weighted by Gasteiger charge is -2.05. The molecule has 0 unspecified atom stereocenters. The van der Waals surface area contributed by atoms with Crippen molar-refractivity contribution in [1.29, 1.82) is 0 Å². The summed E-state index contributed by atoms with van der Waals surface area (Å²) in [6.07, 6.45) is 0. The lowest BCUT2D eigenvalue weighted by atomic mass is 10.0. The Balaban J connectivity index is 2.38. The van der Waals surface area contributed by atoms with Crippen LogP contribution in [0.4, 0.5) is 0 Å². The Kier molecular flexibility index (Phi) is 3.28. The minimum absolute atomic E-state index is 0.0833. The molecule has 2 aromatic rings. The Labute approximate surface area is 100 Å². The van der Waals surface area contributed by atoms with E-state index in [9.17, 15) is 0 Å². The van der Waals surface area contributed by atoms with Gasteiger partial charge in [-0.3, -0.25) is 0 Å². The zero-order chi connectivity index (χ0) is 11.5. The molecule has 0 atom stereocenters. The van der Waals surface area contributed by atoms with Crippen LogP contribution in [0.2, 0.25) is 5.02 Å². The Hall–Kier alpha value is -1.31. The molecule has 0 fully saturated rings. The van der Waals surface area contributed by atoms with Crippen molar-refractivity contribution in [2.75, 3.05) is 0 Å².